The maximum atomic E-state index is 12.8. The summed E-state index contributed by atoms with van der Waals surface area (Å²) in [4.78, 5) is 29.2. The van der Waals surface area contributed by atoms with Crippen LogP contribution < -0.4 is 10.5 Å². The number of aromatic nitrogens is 2. The number of anilines is 1. The fraction of sp³-hybridized carbons (Fsp3) is 0.292. The van der Waals surface area contributed by atoms with Gasteiger partial charge in [0.05, 0.1) is 12.1 Å². The summed E-state index contributed by atoms with van der Waals surface area (Å²) >= 11 is 0. The molecule has 6 heteroatoms. The Labute approximate surface area is 176 Å². The van der Waals surface area contributed by atoms with E-state index in [1.165, 1.54) is 4.68 Å². The highest BCUT2D eigenvalue weighted by Gasteiger charge is 2.21. The average molecular weight is 402 g/mol. The van der Waals surface area contributed by atoms with Gasteiger partial charge in [-0.15, -0.1) is 5.10 Å². The lowest BCUT2D eigenvalue weighted by atomic mass is 10.1. The lowest BCUT2D eigenvalue weighted by Gasteiger charge is -2.23. The number of hydrogen-bond acceptors (Lipinski definition) is 4. The molecule has 2 heterocycles. The molecule has 1 saturated heterocycles. The van der Waals surface area contributed by atoms with E-state index in [0.29, 0.717) is 19.5 Å². The van der Waals surface area contributed by atoms with E-state index in [2.05, 4.69) is 10.00 Å². The zero-order valence-electron chi connectivity index (χ0n) is 17.2. The standard InChI is InChI=1S/C24H26N4O2/c1-19-8-5-6-9-20(19)18-24(30)27-15-7-14-26(16-17-27)22-12-13-23(29)28(25-22)21-10-3-2-4-11-21/h2-6,8-13H,7,14-18H2,1H3. The Hall–Kier alpha value is -3.41. The third-order valence-corrected chi connectivity index (χ3v) is 5.56. The van der Waals surface area contributed by atoms with E-state index in [4.69, 9.17) is 0 Å². The Morgan fingerprint density at radius 1 is 0.900 bits per heavy atom. The van der Waals surface area contributed by atoms with Gasteiger partial charge in [0.15, 0.2) is 0 Å². The third-order valence-electron chi connectivity index (χ3n) is 5.56. The van der Waals surface area contributed by atoms with Crippen molar-refractivity contribution in [2.45, 2.75) is 19.8 Å². The molecule has 0 radical (unpaired) electrons. The number of para-hydroxylation sites is 1. The van der Waals surface area contributed by atoms with E-state index in [9.17, 15) is 9.59 Å². The molecule has 1 amide bonds. The molecule has 0 atom stereocenters. The van der Waals surface area contributed by atoms with E-state index in [0.717, 1.165) is 42.1 Å². The number of carbonyl (C=O) groups excluding carboxylic acids is 1. The van der Waals surface area contributed by atoms with Crippen LogP contribution >= 0.6 is 0 Å². The lowest BCUT2D eigenvalue weighted by molar-refractivity contribution is -0.130. The summed E-state index contributed by atoms with van der Waals surface area (Å²) in [5.74, 6) is 0.917. The highest BCUT2D eigenvalue weighted by atomic mass is 16.2. The second-order valence-electron chi connectivity index (χ2n) is 7.60. The minimum atomic E-state index is -0.158. The summed E-state index contributed by atoms with van der Waals surface area (Å²) < 4.78 is 1.43. The van der Waals surface area contributed by atoms with Crippen molar-refractivity contribution in [3.8, 4) is 5.69 Å². The molecule has 4 rings (SSSR count). The highest BCUT2D eigenvalue weighted by molar-refractivity contribution is 5.79. The van der Waals surface area contributed by atoms with E-state index < -0.39 is 0 Å². The van der Waals surface area contributed by atoms with Crippen molar-refractivity contribution in [1.29, 1.82) is 0 Å². The Morgan fingerprint density at radius 2 is 1.67 bits per heavy atom. The Kier molecular flexibility index (Phi) is 5.93. The Morgan fingerprint density at radius 3 is 2.47 bits per heavy atom. The number of nitrogens with zero attached hydrogens (tertiary/aromatic N) is 4. The SMILES string of the molecule is Cc1ccccc1CC(=O)N1CCCN(c2ccc(=O)n(-c3ccccc3)n2)CC1. The van der Waals surface area contributed by atoms with Gasteiger partial charge >= 0.3 is 0 Å². The minimum absolute atomic E-state index is 0.158. The zero-order chi connectivity index (χ0) is 20.9. The smallest absolute Gasteiger partial charge is 0.271 e. The first kappa shape index (κ1) is 19.9. The van der Waals surface area contributed by atoms with E-state index in [1.807, 2.05) is 66.4 Å². The molecule has 1 aliphatic rings. The van der Waals surface area contributed by atoms with Crippen LogP contribution in [-0.4, -0.2) is 46.8 Å². The molecule has 0 N–H and O–H groups in total. The zero-order valence-corrected chi connectivity index (χ0v) is 17.2. The van der Waals surface area contributed by atoms with Gasteiger partial charge in [0.2, 0.25) is 5.91 Å². The molecule has 0 aliphatic carbocycles. The van der Waals surface area contributed by atoms with Crippen LogP contribution in [0.4, 0.5) is 5.82 Å². The summed E-state index contributed by atoms with van der Waals surface area (Å²) in [5, 5.41) is 4.58. The summed E-state index contributed by atoms with van der Waals surface area (Å²) in [6.07, 6.45) is 1.30. The highest BCUT2D eigenvalue weighted by Crippen LogP contribution is 2.15. The fourth-order valence-electron chi connectivity index (χ4n) is 3.80. The van der Waals surface area contributed by atoms with Crippen LogP contribution in [0.1, 0.15) is 17.5 Å². The molecule has 3 aromatic rings. The minimum Gasteiger partial charge on any atom is -0.353 e. The molecule has 0 spiro atoms. The van der Waals surface area contributed by atoms with Gasteiger partial charge in [-0.1, -0.05) is 42.5 Å². The Balaban J connectivity index is 1.46. The van der Waals surface area contributed by atoms with Crippen LogP contribution in [0.15, 0.2) is 71.5 Å². The quantitative estimate of drug-likeness (QED) is 0.673. The molecular formula is C24H26N4O2. The van der Waals surface area contributed by atoms with Gasteiger partial charge in [0.1, 0.15) is 5.82 Å². The summed E-state index contributed by atoms with van der Waals surface area (Å²) in [6, 6.07) is 20.8. The van der Waals surface area contributed by atoms with Crippen LogP contribution in [-0.2, 0) is 11.2 Å². The van der Waals surface area contributed by atoms with Gasteiger partial charge in [-0.2, -0.15) is 4.68 Å². The predicted molar refractivity (Wildman–Crippen MR) is 118 cm³/mol. The van der Waals surface area contributed by atoms with Gasteiger partial charge in [-0.05, 0) is 42.7 Å². The van der Waals surface area contributed by atoms with Gasteiger partial charge in [-0.3, -0.25) is 9.59 Å². The molecule has 154 valence electrons. The summed E-state index contributed by atoms with van der Waals surface area (Å²) in [6.45, 7) is 4.92. The summed E-state index contributed by atoms with van der Waals surface area (Å²) in [5.41, 5.74) is 2.82. The van der Waals surface area contributed by atoms with Crippen molar-refractivity contribution < 1.29 is 4.79 Å². The first-order valence-electron chi connectivity index (χ1n) is 10.3. The van der Waals surface area contributed by atoms with Gasteiger partial charge in [0, 0.05) is 32.2 Å². The van der Waals surface area contributed by atoms with Crippen molar-refractivity contribution in [3.05, 3.63) is 88.2 Å². The maximum Gasteiger partial charge on any atom is 0.271 e. The van der Waals surface area contributed by atoms with Crippen molar-refractivity contribution in [3.63, 3.8) is 0 Å². The molecule has 6 nitrogen and oxygen atoms in total. The predicted octanol–water partition coefficient (Wildman–Crippen LogP) is 2.82. The number of carbonyl (C=O) groups is 1. The van der Waals surface area contributed by atoms with Crippen molar-refractivity contribution in [2.75, 3.05) is 31.1 Å². The maximum absolute atomic E-state index is 12.8. The van der Waals surface area contributed by atoms with Crippen molar-refractivity contribution >= 4 is 11.7 Å². The summed E-state index contributed by atoms with van der Waals surface area (Å²) in [7, 11) is 0. The van der Waals surface area contributed by atoms with E-state index in [-0.39, 0.29) is 11.5 Å². The lowest BCUT2D eigenvalue weighted by Crippen LogP contribution is -2.36. The first-order valence-corrected chi connectivity index (χ1v) is 10.3. The molecule has 1 fully saturated rings. The van der Waals surface area contributed by atoms with Crippen LogP contribution in [0.2, 0.25) is 0 Å². The third kappa shape index (κ3) is 4.43. The van der Waals surface area contributed by atoms with Crippen molar-refractivity contribution in [1.82, 2.24) is 14.7 Å². The molecular weight excluding hydrogens is 376 g/mol. The normalized spacial score (nSPS) is 14.4. The molecule has 1 aliphatic heterocycles. The van der Waals surface area contributed by atoms with Crippen LogP contribution in [0, 0.1) is 6.92 Å². The van der Waals surface area contributed by atoms with Gasteiger partial charge in [0.25, 0.3) is 5.56 Å². The monoisotopic (exact) mass is 402 g/mol. The second kappa shape index (κ2) is 8.95. The molecule has 0 bridgehead atoms. The molecule has 2 aromatic carbocycles. The van der Waals surface area contributed by atoms with E-state index in [1.54, 1.807) is 12.1 Å². The number of rotatable bonds is 4. The Bertz CT molecular complexity index is 1080. The van der Waals surface area contributed by atoms with Crippen LogP contribution in [0.25, 0.3) is 5.69 Å². The largest absolute Gasteiger partial charge is 0.353 e. The number of benzene rings is 2. The first-order chi connectivity index (χ1) is 14.6. The van der Waals surface area contributed by atoms with E-state index >= 15 is 0 Å². The molecule has 1 aromatic heterocycles. The number of hydrogen-bond donors (Lipinski definition) is 0. The van der Waals surface area contributed by atoms with Crippen LogP contribution in [0.5, 0.6) is 0 Å². The average Bonchev–Trinajstić information content (AvgIpc) is 3.03. The fourth-order valence-corrected chi connectivity index (χ4v) is 3.80. The molecule has 0 saturated carbocycles. The topological polar surface area (TPSA) is 58.4 Å². The van der Waals surface area contributed by atoms with Crippen molar-refractivity contribution in [2.24, 2.45) is 0 Å². The molecule has 30 heavy (non-hydrogen) atoms. The number of amides is 1. The van der Waals surface area contributed by atoms with Crippen LogP contribution in [0.3, 0.4) is 0 Å². The second-order valence-corrected chi connectivity index (χ2v) is 7.60. The van der Waals surface area contributed by atoms with Gasteiger partial charge in [-0.25, -0.2) is 0 Å². The van der Waals surface area contributed by atoms with Gasteiger partial charge < -0.3 is 9.80 Å². The number of aryl methyl sites for hydroxylation is 1. The molecule has 0 unspecified atom stereocenters.